The zero-order chi connectivity index (χ0) is 21.8. The maximum atomic E-state index is 13.2. The number of benzene rings is 1. The third-order valence-corrected chi connectivity index (χ3v) is 5.21. The van der Waals surface area contributed by atoms with Gasteiger partial charge in [0.05, 0.1) is 18.2 Å². The summed E-state index contributed by atoms with van der Waals surface area (Å²) in [5, 5.41) is 15.6. The first-order chi connectivity index (χ1) is 14.3. The van der Waals surface area contributed by atoms with Gasteiger partial charge in [-0.3, -0.25) is 10.1 Å². The van der Waals surface area contributed by atoms with Crippen molar-refractivity contribution in [1.82, 2.24) is 9.88 Å². The highest BCUT2D eigenvalue weighted by molar-refractivity contribution is 5.93. The number of aromatic nitrogens is 1. The minimum atomic E-state index is -0.308. The van der Waals surface area contributed by atoms with Gasteiger partial charge in [-0.25, -0.2) is 4.39 Å². The van der Waals surface area contributed by atoms with Crippen molar-refractivity contribution in [2.24, 2.45) is 0 Å². The second kappa shape index (κ2) is 8.97. The molecule has 1 atom stereocenters. The molecule has 0 spiro atoms. The number of halogens is 1. The molecule has 0 aliphatic carbocycles. The van der Waals surface area contributed by atoms with Crippen molar-refractivity contribution in [3.05, 3.63) is 76.1 Å². The first-order valence-corrected chi connectivity index (χ1v) is 9.74. The number of hydrogen-bond donors (Lipinski definition) is 2. The van der Waals surface area contributed by atoms with E-state index in [0.717, 1.165) is 28.3 Å². The molecule has 0 saturated heterocycles. The number of nitrogens with one attached hydrogen (secondary N) is 2. The summed E-state index contributed by atoms with van der Waals surface area (Å²) in [7, 11) is 0. The van der Waals surface area contributed by atoms with Gasteiger partial charge in [-0.15, -0.1) is 0 Å². The zero-order valence-electron chi connectivity index (χ0n) is 17.5. The Morgan fingerprint density at radius 3 is 2.50 bits per heavy atom. The van der Waals surface area contributed by atoms with Gasteiger partial charge in [0.25, 0.3) is 0 Å². The van der Waals surface area contributed by atoms with Crippen LogP contribution in [0.1, 0.15) is 46.9 Å². The fourth-order valence-corrected chi connectivity index (χ4v) is 3.31. The third-order valence-electron chi connectivity index (χ3n) is 5.21. The van der Waals surface area contributed by atoms with Crippen LogP contribution in [-0.4, -0.2) is 17.0 Å². The van der Waals surface area contributed by atoms with Crippen LogP contribution in [0.3, 0.4) is 0 Å². The molecular formula is C23H25FN4O2. The molecule has 7 heteroatoms. The lowest BCUT2D eigenvalue weighted by Crippen LogP contribution is -2.31. The van der Waals surface area contributed by atoms with E-state index in [1.807, 2.05) is 44.4 Å². The fourth-order valence-electron chi connectivity index (χ4n) is 3.31. The van der Waals surface area contributed by atoms with Gasteiger partial charge in [-0.2, -0.15) is 5.26 Å². The number of carbonyl (C=O) groups is 1. The summed E-state index contributed by atoms with van der Waals surface area (Å²) in [4.78, 5) is 12.6. The number of carbonyl (C=O) groups excluding carboxylic acids is 1. The number of nitriles is 1. The largest absolute Gasteiger partial charge is 0.465 e. The van der Waals surface area contributed by atoms with Crippen LogP contribution in [0.5, 0.6) is 0 Å². The molecule has 3 rings (SSSR count). The van der Waals surface area contributed by atoms with Crippen LogP contribution >= 0.6 is 0 Å². The summed E-state index contributed by atoms with van der Waals surface area (Å²) in [6, 6.07) is 12.0. The average Bonchev–Trinajstić information content (AvgIpc) is 3.25. The van der Waals surface area contributed by atoms with Crippen molar-refractivity contribution in [2.75, 3.05) is 11.9 Å². The molecule has 6 nitrogen and oxygen atoms in total. The minimum Gasteiger partial charge on any atom is -0.465 e. The van der Waals surface area contributed by atoms with Crippen LogP contribution in [0.15, 0.2) is 40.8 Å². The number of rotatable bonds is 7. The van der Waals surface area contributed by atoms with E-state index >= 15 is 0 Å². The van der Waals surface area contributed by atoms with Crippen molar-refractivity contribution >= 4 is 11.7 Å². The molecule has 2 N–H and O–H groups in total. The van der Waals surface area contributed by atoms with Crippen LogP contribution in [0, 0.1) is 37.9 Å². The maximum absolute atomic E-state index is 13.2. The Kier molecular flexibility index (Phi) is 6.38. The summed E-state index contributed by atoms with van der Waals surface area (Å²) >= 11 is 0. The summed E-state index contributed by atoms with van der Waals surface area (Å²) in [5.41, 5.74) is 2.98. The number of hydrogen-bond acceptors (Lipinski definition) is 4. The Bertz CT molecular complexity index is 1090. The minimum absolute atomic E-state index is 0.0611. The Hall–Kier alpha value is -3.37. The Morgan fingerprint density at radius 2 is 1.90 bits per heavy atom. The van der Waals surface area contributed by atoms with Gasteiger partial charge in [0.2, 0.25) is 5.91 Å². The average molecular weight is 408 g/mol. The summed E-state index contributed by atoms with van der Waals surface area (Å²) in [6.45, 7) is 8.01. The smallest absolute Gasteiger partial charge is 0.239 e. The van der Waals surface area contributed by atoms with Crippen molar-refractivity contribution in [2.45, 2.75) is 40.3 Å². The lowest BCUT2D eigenvalue weighted by atomic mass is 10.2. The molecule has 156 valence electrons. The van der Waals surface area contributed by atoms with Crippen molar-refractivity contribution in [3.63, 3.8) is 0 Å². The quantitative estimate of drug-likeness (QED) is 0.609. The molecule has 2 heterocycles. The number of furan rings is 1. The monoisotopic (exact) mass is 408 g/mol. The van der Waals surface area contributed by atoms with Crippen LogP contribution in [0.2, 0.25) is 0 Å². The first kappa shape index (κ1) is 21.3. The van der Waals surface area contributed by atoms with Crippen molar-refractivity contribution in [3.8, 4) is 6.07 Å². The van der Waals surface area contributed by atoms with E-state index in [0.29, 0.717) is 17.9 Å². The molecule has 1 aromatic carbocycles. The van der Waals surface area contributed by atoms with Gasteiger partial charge in [0.15, 0.2) is 0 Å². The van der Waals surface area contributed by atoms with Gasteiger partial charge >= 0.3 is 0 Å². The summed E-state index contributed by atoms with van der Waals surface area (Å²) < 4.78 is 20.7. The molecule has 0 radical (unpaired) electrons. The third kappa shape index (κ3) is 4.61. The molecule has 1 amide bonds. The van der Waals surface area contributed by atoms with Crippen LogP contribution in [0.4, 0.5) is 10.2 Å². The van der Waals surface area contributed by atoms with Crippen LogP contribution in [-0.2, 0) is 11.3 Å². The first-order valence-electron chi connectivity index (χ1n) is 9.74. The van der Waals surface area contributed by atoms with Crippen LogP contribution < -0.4 is 10.6 Å². The van der Waals surface area contributed by atoms with Gasteiger partial charge in [-0.05, 0) is 63.1 Å². The lowest BCUT2D eigenvalue weighted by molar-refractivity contribution is -0.115. The lowest BCUT2D eigenvalue weighted by Gasteiger charge is -2.15. The van der Waals surface area contributed by atoms with E-state index in [9.17, 15) is 14.4 Å². The van der Waals surface area contributed by atoms with Crippen LogP contribution in [0.25, 0.3) is 0 Å². The second-order valence-corrected chi connectivity index (χ2v) is 7.36. The highest BCUT2D eigenvalue weighted by Gasteiger charge is 2.20. The van der Waals surface area contributed by atoms with E-state index in [4.69, 9.17) is 4.42 Å². The highest BCUT2D eigenvalue weighted by Crippen LogP contribution is 2.27. The van der Waals surface area contributed by atoms with Gasteiger partial charge in [0, 0.05) is 12.2 Å². The Morgan fingerprint density at radius 1 is 1.20 bits per heavy atom. The molecule has 3 aromatic rings. The zero-order valence-corrected chi connectivity index (χ0v) is 17.5. The van der Waals surface area contributed by atoms with Gasteiger partial charge in [0.1, 0.15) is 29.2 Å². The highest BCUT2D eigenvalue weighted by atomic mass is 19.1. The Labute approximate surface area is 175 Å². The van der Waals surface area contributed by atoms with Gasteiger partial charge < -0.3 is 14.3 Å². The maximum Gasteiger partial charge on any atom is 0.239 e. The molecule has 1 unspecified atom stereocenters. The molecule has 2 aromatic heterocycles. The number of amides is 1. The van der Waals surface area contributed by atoms with E-state index in [-0.39, 0.29) is 24.3 Å². The summed E-state index contributed by atoms with van der Waals surface area (Å²) in [6.07, 6.45) is 0. The number of anilines is 1. The Balaban J connectivity index is 1.76. The van der Waals surface area contributed by atoms with E-state index in [2.05, 4.69) is 16.7 Å². The normalized spacial score (nSPS) is 11.9. The fraction of sp³-hybridized carbons (Fsp3) is 0.304. The second-order valence-electron chi connectivity index (χ2n) is 7.36. The molecular weight excluding hydrogens is 383 g/mol. The van der Waals surface area contributed by atoms with E-state index in [1.54, 1.807) is 12.1 Å². The number of nitrogens with zero attached hydrogens (tertiary/aromatic N) is 2. The predicted octanol–water partition coefficient (Wildman–Crippen LogP) is 4.35. The molecule has 0 saturated carbocycles. The molecule has 0 aliphatic rings. The predicted molar refractivity (Wildman–Crippen MR) is 113 cm³/mol. The van der Waals surface area contributed by atoms with E-state index in [1.165, 1.54) is 12.1 Å². The standard InChI is InChI=1S/C23H25FN4O2/c1-14-5-10-21(30-14)16(3)26-12-22(29)27-23-20(11-25)15(2)17(4)28(23)13-18-6-8-19(24)9-7-18/h5-10,16,26H,12-13H2,1-4H3,(H,27,29). The summed E-state index contributed by atoms with van der Waals surface area (Å²) in [5.74, 6) is 1.44. The molecule has 30 heavy (non-hydrogen) atoms. The van der Waals surface area contributed by atoms with Gasteiger partial charge in [-0.1, -0.05) is 12.1 Å². The van der Waals surface area contributed by atoms with E-state index < -0.39 is 0 Å². The van der Waals surface area contributed by atoms with Crippen molar-refractivity contribution < 1.29 is 13.6 Å². The topological polar surface area (TPSA) is 83.0 Å². The SMILES string of the molecule is Cc1ccc(C(C)NCC(=O)Nc2c(C#N)c(C)c(C)n2Cc2ccc(F)cc2)o1. The molecule has 0 fully saturated rings. The molecule has 0 aliphatic heterocycles. The molecule has 0 bridgehead atoms. The number of aryl methyl sites for hydroxylation is 1. The van der Waals surface area contributed by atoms with Crippen molar-refractivity contribution in [1.29, 1.82) is 5.26 Å².